The van der Waals surface area contributed by atoms with Crippen molar-refractivity contribution in [2.24, 2.45) is 0 Å². The van der Waals surface area contributed by atoms with Gasteiger partial charge in [0, 0.05) is 18.8 Å². The molecule has 2 rings (SSSR count). The van der Waals surface area contributed by atoms with Crippen molar-refractivity contribution < 1.29 is 4.74 Å². The molecule has 0 fully saturated rings. The van der Waals surface area contributed by atoms with Crippen LogP contribution in [0.5, 0.6) is 5.75 Å². The zero-order valence-electron chi connectivity index (χ0n) is 13.2. The Kier molecular flexibility index (Phi) is 5.81. The minimum absolute atomic E-state index is 0.762. The molecule has 0 amide bonds. The maximum absolute atomic E-state index is 5.70. The molecular weight excluding hydrogens is 262 g/mol. The Labute approximate surface area is 127 Å². The van der Waals surface area contributed by atoms with Gasteiger partial charge in [0.05, 0.1) is 12.3 Å². The molecule has 1 heterocycles. The third-order valence-corrected chi connectivity index (χ3v) is 3.72. The van der Waals surface area contributed by atoms with Gasteiger partial charge in [-0.1, -0.05) is 18.2 Å². The van der Waals surface area contributed by atoms with E-state index >= 15 is 0 Å². The van der Waals surface area contributed by atoms with Gasteiger partial charge in [0.1, 0.15) is 5.75 Å². The van der Waals surface area contributed by atoms with Gasteiger partial charge in [-0.25, -0.2) is 0 Å². The van der Waals surface area contributed by atoms with Crippen molar-refractivity contribution >= 4 is 0 Å². The lowest BCUT2D eigenvalue weighted by Gasteiger charge is -2.16. The van der Waals surface area contributed by atoms with E-state index in [1.54, 1.807) is 0 Å². The Morgan fingerprint density at radius 3 is 2.57 bits per heavy atom. The van der Waals surface area contributed by atoms with E-state index < -0.39 is 0 Å². The zero-order valence-corrected chi connectivity index (χ0v) is 13.2. The summed E-state index contributed by atoms with van der Waals surface area (Å²) >= 11 is 0. The van der Waals surface area contributed by atoms with E-state index in [0.29, 0.717) is 0 Å². The SMILES string of the molecule is Cc1n[nH]c(C)c1CCN(C)CCCOc1ccccc1. The summed E-state index contributed by atoms with van der Waals surface area (Å²) in [4.78, 5) is 2.35. The highest BCUT2D eigenvalue weighted by molar-refractivity contribution is 5.23. The third-order valence-electron chi connectivity index (χ3n) is 3.72. The molecule has 0 unspecified atom stereocenters. The topological polar surface area (TPSA) is 41.2 Å². The van der Waals surface area contributed by atoms with Gasteiger partial charge in [0.25, 0.3) is 0 Å². The zero-order chi connectivity index (χ0) is 15.1. The fourth-order valence-electron chi connectivity index (χ4n) is 2.40. The van der Waals surface area contributed by atoms with Gasteiger partial charge in [0.2, 0.25) is 0 Å². The minimum atomic E-state index is 0.762. The molecule has 4 nitrogen and oxygen atoms in total. The fraction of sp³-hybridized carbons (Fsp3) is 0.471. The first kappa shape index (κ1) is 15.6. The Morgan fingerprint density at radius 1 is 1.14 bits per heavy atom. The van der Waals surface area contributed by atoms with Crippen LogP contribution in [-0.4, -0.2) is 41.8 Å². The van der Waals surface area contributed by atoms with E-state index in [0.717, 1.165) is 44.0 Å². The summed E-state index contributed by atoms with van der Waals surface area (Å²) < 4.78 is 5.70. The highest BCUT2D eigenvalue weighted by Crippen LogP contribution is 2.11. The summed E-state index contributed by atoms with van der Waals surface area (Å²) in [7, 11) is 2.16. The number of para-hydroxylation sites is 1. The molecular formula is C17H25N3O. The largest absolute Gasteiger partial charge is 0.494 e. The molecule has 4 heteroatoms. The Bertz CT molecular complexity index is 517. The van der Waals surface area contributed by atoms with Gasteiger partial charge in [0.15, 0.2) is 0 Å². The maximum Gasteiger partial charge on any atom is 0.119 e. The van der Waals surface area contributed by atoms with Gasteiger partial charge < -0.3 is 9.64 Å². The van der Waals surface area contributed by atoms with Gasteiger partial charge in [-0.2, -0.15) is 5.10 Å². The molecule has 0 aliphatic rings. The molecule has 0 radical (unpaired) electrons. The number of aromatic nitrogens is 2. The average Bonchev–Trinajstić information content (AvgIpc) is 2.81. The first-order valence-corrected chi connectivity index (χ1v) is 7.53. The lowest BCUT2D eigenvalue weighted by Crippen LogP contribution is -2.24. The maximum atomic E-state index is 5.70. The molecule has 0 bridgehead atoms. The van der Waals surface area contributed by atoms with Crippen molar-refractivity contribution in [2.45, 2.75) is 26.7 Å². The number of likely N-dealkylation sites (N-methyl/N-ethyl adjacent to an activating group) is 1. The number of ether oxygens (including phenoxy) is 1. The second kappa shape index (κ2) is 7.84. The number of aryl methyl sites for hydroxylation is 2. The number of hydrogen-bond donors (Lipinski definition) is 1. The number of hydrogen-bond acceptors (Lipinski definition) is 3. The van der Waals surface area contributed by atoms with Crippen molar-refractivity contribution in [2.75, 3.05) is 26.7 Å². The van der Waals surface area contributed by atoms with E-state index in [-0.39, 0.29) is 0 Å². The van der Waals surface area contributed by atoms with Gasteiger partial charge in [-0.3, -0.25) is 5.10 Å². The van der Waals surface area contributed by atoms with Crippen molar-refractivity contribution in [1.29, 1.82) is 0 Å². The molecule has 0 aliphatic carbocycles. The van der Waals surface area contributed by atoms with Crippen LogP contribution >= 0.6 is 0 Å². The number of nitrogens with one attached hydrogen (secondary N) is 1. The number of aromatic amines is 1. The van der Waals surface area contributed by atoms with Gasteiger partial charge in [-0.15, -0.1) is 0 Å². The summed E-state index contributed by atoms with van der Waals surface area (Å²) in [5, 5.41) is 7.28. The third kappa shape index (κ3) is 4.90. The van der Waals surface area contributed by atoms with Gasteiger partial charge in [-0.05, 0) is 51.4 Å². The minimum Gasteiger partial charge on any atom is -0.494 e. The quantitative estimate of drug-likeness (QED) is 0.759. The smallest absolute Gasteiger partial charge is 0.119 e. The molecule has 1 N–H and O–H groups in total. The highest BCUT2D eigenvalue weighted by Gasteiger charge is 2.07. The van der Waals surface area contributed by atoms with Crippen LogP contribution in [0, 0.1) is 13.8 Å². The number of rotatable bonds is 8. The van der Waals surface area contributed by atoms with Crippen LogP contribution in [0.1, 0.15) is 23.4 Å². The fourth-order valence-corrected chi connectivity index (χ4v) is 2.40. The van der Waals surface area contributed by atoms with Crippen LogP contribution in [0.2, 0.25) is 0 Å². The molecule has 21 heavy (non-hydrogen) atoms. The lowest BCUT2D eigenvalue weighted by atomic mass is 10.1. The first-order chi connectivity index (χ1) is 10.2. The van der Waals surface area contributed by atoms with Crippen LogP contribution in [0.15, 0.2) is 30.3 Å². The van der Waals surface area contributed by atoms with Crippen molar-refractivity contribution in [3.63, 3.8) is 0 Å². The summed E-state index contributed by atoms with van der Waals surface area (Å²) in [5.74, 6) is 0.949. The van der Waals surface area contributed by atoms with Crippen molar-refractivity contribution in [1.82, 2.24) is 15.1 Å². The van der Waals surface area contributed by atoms with E-state index in [9.17, 15) is 0 Å². The summed E-state index contributed by atoms with van der Waals surface area (Å²) in [6, 6.07) is 9.98. The van der Waals surface area contributed by atoms with Crippen LogP contribution in [0.4, 0.5) is 0 Å². The number of benzene rings is 1. The van der Waals surface area contributed by atoms with Crippen molar-refractivity contribution in [3.8, 4) is 5.75 Å². The second-order valence-corrected chi connectivity index (χ2v) is 5.48. The van der Waals surface area contributed by atoms with E-state index in [2.05, 4.69) is 36.0 Å². The summed E-state index contributed by atoms with van der Waals surface area (Å²) in [5.41, 5.74) is 3.66. The summed E-state index contributed by atoms with van der Waals surface area (Å²) in [6.07, 6.45) is 2.08. The molecule has 0 atom stereocenters. The molecule has 2 aromatic rings. The average molecular weight is 287 g/mol. The summed E-state index contributed by atoms with van der Waals surface area (Å²) in [6.45, 7) is 7.00. The monoisotopic (exact) mass is 287 g/mol. The van der Waals surface area contributed by atoms with Gasteiger partial charge >= 0.3 is 0 Å². The Balaban J connectivity index is 1.63. The first-order valence-electron chi connectivity index (χ1n) is 7.53. The molecule has 1 aromatic carbocycles. The Morgan fingerprint density at radius 2 is 1.90 bits per heavy atom. The van der Waals surface area contributed by atoms with Crippen LogP contribution in [0.3, 0.4) is 0 Å². The number of H-pyrrole nitrogens is 1. The van der Waals surface area contributed by atoms with Crippen LogP contribution < -0.4 is 4.74 Å². The van der Waals surface area contributed by atoms with Crippen LogP contribution in [0.25, 0.3) is 0 Å². The molecule has 114 valence electrons. The van der Waals surface area contributed by atoms with Crippen molar-refractivity contribution in [3.05, 3.63) is 47.3 Å². The lowest BCUT2D eigenvalue weighted by molar-refractivity contribution is 0.264. The van der Waals surface area contributed by atoms with E-state index in [1.807, 2.05) is 30.3 Å². The second-order valence-electron chi connectivity index (χ2n) is 5.48. The molecule has 0 saturated carbocycles. The molecule has 0 saturated heterocycles. The standard InChI is InChI=1S/C17H25N3O/c1-14-17(15(2)19-18-14)10-12-20(3)11-7-13-21-16-8-5-4-6-9-16/h4-6,8-9H,7,10-13H2,1-3H3,(H,18,19). The number of nitrogens with zero attached hydrogens (tertiary/aromatic N) is 2. The molecule has 1 aromatic heterocycles. The predicted octanol–water partition coefficient (Wildman–Crippen LogP) is 2.97. The van der Waals surface area contributed by atoms with Crippen LogP contribution in [-0.2, 0) is 6.42 Å². The highest BCUT2D eigenvalue weighted by atomic mass is 16.5. The normalized spacial score (nSPS) is 11.0. The van der Waals surface area contributed by atoms with E-state index in [1.165, 1.54) is 11.3 Å². The predicted molar refractivity (Wildman–Crippen MR) is 85.8 cm³/mol. The molecule has 0 spiro atoms. The Hall–Kier alpha value is -1.81. The molecule has 0 aliphatic heterocycles. The van der Waals surface area contributed by atoms with E-state index in [4.69, 9.17) is 4.74 Å².